The molecule has 4 heteroatoms. The molecule has 0 aliphatic rings. The molecule has 0 saturated heterocycles. The Morgan fingerprint density at radius 1 is 1.05 bits per heavy atom. The molecule has 0 unspecified atom stereocenters. The highest BCUT2D eigenvalue weighted by molar-refractivity contribution is 6.03. The van der Waals surface area contributed by atoms with Crippen LogP contribution in [0.25, 0.3) is 33.2 Å². The maximum Gasteiger partial charge on any atom is 0.246 e. The Labute approximate surface area is 121 Å². The van der Waals surface area contributed by atoms with Gasteiger partial charge in [-0.05, 0) is 30.7 Å². The summed E-state index contributed by atoms with van der Waals surface area (Å²) in [6, 6.07) is 13.6. The molecule has 4 rings (SSSR count). The largest absolute Gasteiger partial charge is 0.493 e. The molecular weight excluding hydrogens is 264 g/mol. The molecule has 2 heterocycles. The van der Waals surface area contributed by atoms with Crippen molar-refractivity contribution in [3.05, 3.63) is 42.5 Å². The second kappa shape index (κ2) is 4.74. The SMILES string of the molecule is CCCOc1ccc2c(c1)oc1nc3ccccc3nc12. The van der Waals surface area contributed by atoms with Gasteiger partial charge in [0.25, 0.3) is 0 Å². The van der Waals surface area contributed by atoms with Gasteiger partial charge in [-0.15, -0.1) is 0 Å². The predicted molar refractivity (Wildman–Crippen MR) is 82.6 cm³/mol. The van der Waals surface area contributed by atoms with Crippen LogP contribution in [0.5, 0.6) is 5.75 Å². The zero-order valence-corrected chi connectivity index (χ0v) is 11.7. The van der Waals surface area contributed by atoms with E-state index in [4.69, 9.17) is 9.15 Å². The zero-order chi connectivity index (χ0) is 14.2. The summed E-state index contributed by atoms with van der Waals surface area (Å²) in [5.74, 6) is 0.813. The number of rotatable bonds is 3. The van der Waals surface area contributed by atoms with Crippen molar-refractivity contribution in [3.63, 3.8) is 0 Å². The van der Waals surface area contributed by atoms with Crippen molar-refractivity contribution < 1.29 is 9.15 Å². The number of hydrogen-bond acceptors (Lipinski definition) is 4. The van der Waals surface area contributed by atoms with Crippen molar-refractivity contribution in [1.82, 2.24) is 9.97 Å². The third-order valence-electron chi connectivity index (χ3n) is 3.43. The van der Waals surface area contributed by atoms with E-state index in [1.807, 2.05) is 42.5 Å². The second-order valence-electron chi connectivity index (χ2n) is 4.97. The van der Waals surface area contributed by atoms with E-state index in [1.165, 1.54) is 0 Å². The number of benzene rings is 2. The van der Waals surface area contributed by atoms with Gasteiger partial charge < -0.3 is 9.15 Å². The molecule has 0 atom stereocenters. The standard InChI is InChI=1S/C17H14N2O2/c1-2-9-20-11-7-8-12-15(10-11)21-17-16(12)18-13-5-3-4-6-14(13)19-17/h3-8,10H,2,9H2,1H3. The molecular formula is C17H14N2O2. The van der Waals surface area contributed by atoms with Gasteiger partial charge in [-0.3, -0.25) is 0 Å². The van der Waals surface area contributed by atoms with Gasteiger partial charge in [0.2, 0.25) is 5.71 Å². The summed E-state index contributed by atoms with van der Waals surface area (Å²) in [6.45, 7) is 2.78. The van der Waals surface area contributed by atoms with Gasteiger partial charge >= 0.3 is 0 Å². The number of ether oxygens (including phenoxy) is 1. The normalized spacial score (nSPS) is 11.5. The van der Waals surface area contributed by atoms with Gasteiger partial charge in [0.05, 0.1) is 17.6 Å². The van der Waals surface area contributed by atoms with Gasteiger partial charge in [-0.2, -0.15) is 0 Å². The van der Waals surface area contributed by atoms with Crippen molar-refractivity contribution in [2.24, 2.45) is 0 Å². The average molecular weight is 278 g/mol. The lowest BCUT2D eigenvalue weighted by Crippen LogP contribution is -1.94. The van der Waals surface area contributed by atoms with E-state index in [2.05, 4.69) is 16.9 Å². The van der Waals surface area contributed by atoms with E-state index in [0.717, 1.165) is 39.7 Å². The minimum absolute atomic E-state index is 0.566. The zero-order valence-electron chi connectivity index (χ0n) is 11.7. The molecule has 0 aliphatic carbocycles. The number of furan rings is 1. The lowest BCUT2D eigenvalue weighted by atomic mass is 10.2. The molecule has 2 aromatic carbocycles. The van der Waals surface area contributed by atoms with Crippen LogP contribution in [0.15, 0.2) is 46.9 Å². The topological polar surface area (TPSA) is 48.2 Å². The van der Waals surface area contributed by atoms with Crippen LogP contribution in [-0.4, -0.2) is 16.6 Å². The van der Waals surface area contributed by atoms with Crippen molar-refractivity contribution >= 4 is 33.2 Å². The van der Waals surface area contributed by atoms with Crippen LogP contribution in [0.2, 0.25) is 0 Å². The Bertz CT molecular complexity index is 943. The highest BCUT2D eigenvalue weighted by atomic mass is 16.5. The first kappa shape index (κ1) is 12.1. The van der Waals surface area contributed by atoms with Crippen LogP contribution in [0.1, 0.15) is 13.3 Å². The molecule has 0 saturated carbocycles. The van der Waals surface area contributed by atoms with Gasteiger partial charge in [0.1, 0.15) is 16.8 Å². The van der Waals surface area contributed by atoms with Gasteiger partial charge in [0, 0.05) is 11.5 Å². The van der Waals surface area contributed by atoms with Crippen LogP contribution in [0.4, 0.5) is 0 Å². The first-order chi connectivity index (χ1) is 10.3. The third kappa shape index (κ3) is 2.00. The Morgan fingerprint density at radius 2 is 1.86 bits per heavy atom. The van der Waals surface area contributed by atoms with Crippen molar-refractivity contribution in [2.45, 2.75) is 13.3 Å². The molecule has 0 amide bonds. The molecule has 0 aliphatic heterocycles. The van der Waals surface area contributed by atoms with E-state index in [1.54, 1.807) is 0 Å². The average Bonchev–Trinajstić information content (AvgIpc) is 2.87. The van der Waals surface area contributed by atoms with Crippen molar-refractivity contribution in [2.75, 3.05) is 6.61 Å². The summed E-state index contributed by atoms with van der Waals surface area (Å²) in [5.41, 5.74) is 3.83. The fourth-order valence-electron chi connectivity index (χ4n) is 2.43. The molecule has 0 spiro atoms. The number of aromatic nitrogens is 2. The Morgan fingerprint density at radius 3 is 2.67 bits per heavy atom. The molecule has 4 nitrogen and oxygen atoms in total. The van der Waals surface area contributed by atoms with Gasteiger partial charge in [-0.25, -0.2) is 9.97 Å². The molecule has 21 heavy (non-hydrogen) atoms. The smallest absolute Gasteiger partial charge is 0.246 e. The molecule has 0 fully saturated rings. The lowest BCUT2D eigenvalue weighted by Gasteiger charge is -2.02. The maximum atomic E-state index is 5.83. The monoisotopic (exact) mass is 278 g/mol. The van der Waals surface area contributed by atoms with E-state index in [-0.39, 0.29) is 0 Å². The van der Waals surface area contributed by atoms with Crippen molar-refractivity contribution in [1.29, 1.82) is 0 Å². The molecule has 104 valence electrons. The van der Waals surface area contributed by atoms with Crippen LogP contribution >= 0.6 is 0 Å². The van der Waals surface area contributed by atoms with Crippen LogP contribution < -0.4 is 4.74 Å². The van der Waals surface area contributed by atoms with E-state index in [9.17, 15) is 0 Å². The van der Waals surface area contributed by atoms with Crippen LogP contribution in [0, 0.1) is 0 Å². The maximum absolute atomic E-state index is 5.83. The molecule has 0 N–H and O–H groups in total. The molecule has 0 bridgehead atoms. The summed E-state index contributed by atoms with van der Waals surface area (Å²) in [7, 11) is 0. The molecule has 4 aromatic rings. The van der Waals surface area contributed by atoms with Crippen LogP contribution in [-0.2, 0) is 0 Å². The summed E-state index contributed by atoms with van der Waals surface area (Å²) in [5, 5.41) is 0.965. The number of fused-ring (bicyclic) bond motifs is 4. The van der Waals surface area contributed by atoms with E-state index in [0.29, 0.717) is 12.3 Å². The Balaban J connectivity index is 1.94. The quantitative estimate of drug-likeness (QED) is 0.560. The van der Waals surface area contributed by atoms with E-state index < -0.39 is 0 Å². The highest BCUT2D eigenvalue weighted by Gasteiger charge is 2.11. The first-order valence-electron chi connectivity index (χ1n) is 7.07. The lowest BCUT2D eigenvalue weighted by molar-refractivity contribution is 0.317. The fourth-order valence-corrected chi connectivity index (χ4v) is 2.43. The first-order valence-corrected chi connectivity index (χ1v) is 7.07. The van der Waals surface area contributed by atoms with Gasteiger partial charge in [-0.1, -0.05) is 19.1 Å². The van der Waals surface area contributed by atoms with E-state index >= 15 is 0 Å². The Kier molecular flexibility index (Phi) is 2.74. The minimum atomic E-state index is 0.566. The number of nitrogens with zero attached hydrogens (tertiary/aromatic N) is 2. The Hall–Kier alpha value is -2.62. The van der Waals surface area contributed by atoms with Crippen LogP contribution in [0.3, 0.4) is 0 Å². The summed E-state index contributed by atoms with van der Waals surface area (Å²) in [6.07, 6.45) is 0.979. The number of para-hydroxylation sites is 2. The highest BCUT2D eigenvalue weighted by Crippen LogP contribution is 2.30. The second-order valence-corrected chi connectivity index (χ2v) is 4.97. The molecule has 2 aromatic heterocycles. The molecule has 0 radical (unpaired) electrons. The van der Waals surface area contributed by atoms with Gasteiger partial charge in [0.15, 0.2) is 0 Å². The summed E-state index contributed by atoms with van der Waals surface area (Å²) in [4.78, 5) is 9.20. The predicted octanol–water partition coefficient (Wildman–Crippen LogP) is 4.32. The van der Waals surface area contributed by atoms with Crippen molar-refractivity contribution in [3.8, 4) is 5.75 Å². The third-order valence-corrected chi connectivity index (χ3v) is 3.43. The number of hydrogen-bond donors (Lipinski definition) is 0. The minimum Gasteiger partial charge on any atom is -0.493 e. The fraction of sp³-hybridized carbons (Fsp3) is 0.176. The summed E-state index contributed by atoms with van der Waals surface area (Å²) >= 11 is 0. The summed E-state index contributed by atoms with van der Waals surface area (Å²) < 4.78 is 11.5.